The lowest BCUT2D eigenvalue weighted by Gasteiger charge is -2.08. The smallest absolute Gasteiger partial charge is 0.282 e. The Morgan fingerprint density at radius 3 is 2.35 bits per heavy atom. The summed E-state index contributed by atoms with van der Waals surface area (Å²) in [4.78, 5) is 0.162. The Hall–Kier alpha value is -2.66. The molecule has 0 amide bonds. The van der Waals surface area contributed by atoms with Crippen molar-refractivity contribution < 1.29 is 13.2 Å². The van der Waals surface area contributed by atoms with Gasteiger partial charge in [-0.1, -0.05) is 48.5 Å². The minimum absolute atomic E-state index is 0.162. The predicted octanol–water partition coefficient (Wildman–Crippen LogP) is 3.66. The van der Waals surface area contributed by atoms with Crippen molar-refractivity contribution in [2.45, 2.75) is 4.90 Å². The Morgan fingerprint density at radius 2 is 1.61 bits per heavy atom. The van der Waals surface area contributed by atoms with Crippen LogP contribution in [0.25, 0.3) is 10.8 Å². The highest BCUT2D eigenvalue weighted by Crippen LogP contribution is 2.26. The van der Waals surface area contributed by atoms with Gasteiger partial charge in [0.25, 0.3) is 10.0 Å². The van der Waals surface area contributed by atoms with Crippen LogP contribution in [0.2, 0.25) is 0 Å². The molecule has 3 rings (SSSR count). The van der Waals surface area contributed by atoms with Crippen LogP contribution in [0.3, 0.4) is 0 Å². The molecule has 0 aliphatic heterocycles. The van der Waals surface area contributed by atoms with E-state index in [4.69, 9.17) is 4.74 Å². The fraction of sp³-hybridized carbons (Fsp3) is 0.0556. The number of hydrogen-bond donors (Lipinski definition) is 0. The molecular formula is C18H15NO3S. The van der Waals surface area contributed by atoms with Gasteiger partial charge in [0.1, 0.15) is 5.75 Å². The van der Waals surface area contributed by atoms with Crippen molar-refractivity contribution in [3.05, 3.63) is 72.3 Å². The zero-order valence-electron chi connectivity index (χ0n) is 12.5. The maximum atomic E-state index is 12.3. The monoisotopic (exact) mass is 325 g/mol. The standard InChI is InChI=1S/C18H15NO3S/c1-22-18-12-11-14-7-5-6-10-16(14)17(18)13-19-23(20,21)15-8-3-2-4-9-15/h2-13H,1H3/b19-13+. The Morgan fingerprint density at radius 1 is 0.913 bits per heavy atom. The summed E-state index contributed by atoms with van der Waals surface area (Å²) >= 11 is 0. The number of rotatable bonds is 4. The lowest BCUT2D eigenvalue weighted by Crippen LogP contribution is -1.99. The van der Waals surface area contributed by atoms with E-state index in [-0.39, 0.29) is 4.90 Å². The molecule has 0 fully saturated rings. The van der Waals surface area contributed by atoms with Gasteiger partial charge in [-0.15, -0.1) is 0 Å². The molecule has 0 unspecified atom stereocenters. The van der Waals surface area contributed by atoms with Crippen LogP contribution in [-0.2, 0) is 10.0 Å². The lowest BCUT2D eigenvalue weighted by atomic mass is 10.0. The van der Waals surface area contributed by atoms with Crippen molar-refractivity contribution in [1.29, 1.82) is 0 Å². The number of methoxy groups -OCH3 is 1. The van der Waals surface area contributed by atoms with Gasteiger partial charge in [0.2, 0.25) is 0 Å². The summed E-state index contributed by atoms with van der Waals surface area (Å²) < 4.78 is 33.8. The van der Waals surface area contributed by atoms with E-state index >= 15 is 0 Å². The molecule has 0 heterocycles. The van der Waals surface area contributed by atoms with E-state index in [1.807, 2.05) is 30.3 Å². The third kappa shape index (κ3) is 3.10. The highest BCUT2D eigenvalue weighted by atomic mass is 32.2. The summed E-state index contributed by atoms with van der Waals surface area (Å²) in [6.07, 6.45) is 1.35. The van der Waals surface area contributed by atoms with E-state index in [0.717, 1.165) is 10.8 Å². The van der Waals surface area contributed by atoms with Gasteiger partial charge in [0.15, 0.2) is 0 Å². The van der Waals surface area contributed by atoms with Crippen molar-refractivity contribution in [3.8, 4) is 5.75 Å². The average molecular weight is 325 g/mol. The Balaban J connectivity index is 2.11. The van der Waals surface area contributed by atoms with Crippen LogP contribution in [-0.4, -0.2) is 21.7 Å². The largest absolute Gasteiger partial charge is 0.496 e. The van der Waals surface area contributed by atoms with Crippen LogP contribution in [0.1, 0.15) is 5.56 Å². The molecule has 0 bridgehead atoms. The van der Waals surface area contributed by atoms with Crippen molar-refractivity contribution in [3.63, 3.8) is 0 Å². The summed E-state index contributed by atoms with van der Waals surface area (Å²) in [6, 6.07) is 19.6. The summed E-state index contributed by atoms with van der Waals surface area (Å²) in [5, 5.41) is 1.88. The van der Waals surface area contributed by atoms with Crippen molar-refractivity contribution in [2.24, 2.45) is 4.40 Å². The van der Waals surface area contributed by atoms with Gasteiger partial charge in [-0.2, -0.15) is 12.8 Å². The minimum atomic E-state index is -3.74. The van der Waals surface area contributed by atoms with Gasteiger partial charge in [-0.25, -0.2) is 0 Å². The van der Waals surface area contributed by atoms with Crippen LogP contribution < -0.4 is 4.74 Å². The molecule has 0 radical (unpaired) electrons. The fourth-order valence-electron chi connectivity index (χ4n) is 2.36. The number of ether oxygens (including phenoxy) is 1. The summed E-state index contributed by atoms with van der Waals surface area (Å²) in [6.45, 7) is 0. The highest BCUT2D eigenvalue weighted by Gasteiger charge is 2.12. The molecular weight excluding hydrogens is 310 g/mol. The number of benzene rings is 3. The molecule has 23 heavy (non-hydrogen) atoms. The maximum Gasteiger partial charge on any atom is 0.282 e. The van der Waals surface area contributed by atoms with Crippen LogP contribution in [0.4, 0.5) is 0 Å². The zero-order valence-corrected chi connectivity index (χ0v) is 13.3. The predicted molar refractivity (Wildman–Crippen MR) is 91.7 cm³/mol. The summed E-state index contributed by atoms with van der Waals surface area (Å²) in [5.74, 6) is 0.579. The number of fused-ring (bicyclic) bond motifs is 1. The van der Waals surface area contributed by atoms with E-state index in [0.29, 0.717) is 11.3 Å². The molecule has 0 N–H and O–H groups in total. The molecule has 0 atom stereocenters. The molecule has 5 heteroatoms. The van der Waals surface area contributed by atoms with E-state index in [1.54, 1.807) is 31.4 Å². The van der Waals surface area contributed by atoms with Crippen LogP contribution >= 0.6 is 0 Å². The van der Waals surface area contributed by atoms with E-state index < -0.39 is 10.0 Å². The maximum absolute atomic E-state index is 12.3. The minimum Gasteiger partial charge on any atom is -0.496 e. The normalized spacial score (nSPS) is 11.9. The molecule has 0 aliphatic rings. The van der Waals surface area contributed by atoms with Crippen molar-refractivity contribution in [2.75, 3.05) is 7.11 Å². The zero-order chi connectivity index (χ0) is 16.3. The molecule has 3 aromatic rings. The molecule has 0 saturated heterocycles. The van der Waals surface area contributed by atoms with Gasteiger partial charge >= 0.3 is 0 Å². The highest BCUT2D eigenvalue weighted by molar-refractivity contribution is 7.90. The first kappa shape index (κ1) is 15.2. The first-order valence-electron chi connectivity index (χ1n) is 7.03. The summed E-state index contributed by atoms with van der Waals surface area (Å²) in [5.41, 5.74) is 0.644. The molecule has 116 valence electrons. The Labute approximate surface area is 135 Å². The first-order chi connectivity index (χ1) is 11.1. The van der Waals surface area contributed by atoms with Gasteiger partial charge in [0, 0.05) is 5.56 Å². The van der Waals surface area contributed by atoms with Gasteiger partial charge < -0.3 is 4.74 Å². The van der Waals surface area contributed by atoms with Crippen molar-refractivity contribution in [1.82, 2.24) is 0 Å². The molecule has 0 spiro atoms. The third-order valence-corrected chi connectivity index (χ3v) is 4.76. The van der Waals surface area contributed by atoms with Gasteiger partial charge in [0.05, 0.1) is 18.2 Å². The second-order valence-corrected chi connectivity index (χ2v) is 6.56. The van der Waals surface area contributed by atoms with Crippen molar-refractivity contribution >= 4 is 27.0 Å². The average Bonchev–Trinajstić information content (AvgIpc) is 2.60. The number of sulfonamides is 1. The van der Waals surface area contributed by atoms with Crippen LogP contribution in [0.15, 0.2) is 76.0 Å². The second-order valence-electron chi connectivity index (χ2n) is 4.93. The number of nitrogens with zero attached hydrogens (tertiary/aromatic N) is 1. The van der Waals surface area contributed by atoms with E-state index in [9.17, 15) is 8.42 Å². The lowest BCUT2D eigenvalue weighted by molar-refractivity contribution is 0.415. The van der Waals surface area contributed by atoms with Gasteiger partial charge in [-0.3, -0.25) is 0 Å². The molecule has 4 nitrogen and oxygen atoms in total. The Kier molecular flexibility index (Phi) is 4.12. The van der Waals surface area contributed by atoms with Gasteiger partial charge in [-0.05, 0) is 29.0 Å². The quantitative estimate of drug-likeness (QED) is 0.688. The second kappa shape index (κ2) is 6.22. The first-order valence-corrected chi connectivity index (χ1v) is 8.47. The molecule has 0 aromatic heterocycles. The van der Waals surface area contributed by atoms with Crippen LogP contribution in [0, 0.1) is 0 Å². The molecule has 0 aliphatic carbocycles. The topological polar surface area (TPSA) is 55.7 Å². The van der Waals surface area contributed by atoms with E-state index in [1.165, 1.54) is 18.3 Å². The number of hydrogen-bond acceptors (Lipinski definition) is 3. The third-order valence-electron chi connectivity index (χ3n) is 3.51. The van der Waals surface area contributed by atoms with Crippen LogP contribution in [0.5, 0.6) is 5.75 Å². The molecule has 0 saturated carbocycles. The van der Waals surface area contributed by atoms with E-state index in [2.05, 4.69) is 4.40 Å². The fourth-order valence-corrected chi connectivity index (χ4v) is 3.23. The summed E-state index contributed by atoms with van der Waals surface area (Å²) in [7, 11) is -2.19. The SMILES string of the molecule is COc1ccc2ccccc2c1/C=N/S(=O)(=O)c1ccccc1. The molecule has 3 aromatic carbocycles. The Bertz CT molecular complexity index is 964.